The van der Waals surface area contributed by atoms with E-state index < -0.39 is 0 Å². The standard InChI is InChI=1S/C28H34N6O2S/c1-32(2)13-10-29-28(35)26-16-22(20-37-26)25-18-31-34-19-23(17-30-27(25)34)21-6-8-24(9-7-21)36-15-14-33-11-4-3-5-12-33/h6-9,16-20H,3-5,10-15H2,1-2H3,(H,29,35). The van der Waals surface area contributed by atoms with Crippen LogP contribution in [0.1, 0.15) is 28.9 Å². The zero-order valence-corrected chi connectivity index (χ0v) is 22.3. The van der Waals surface area contributed by atoms with Crippen LogP contribution in [0, 0.1) is 0 Å². The Hall–Kier alpha value is -3.27. The zero-order chi connectivity index (χ0) is 25.6. The van der Waals surface area contributed by atoms with E-state index >= 15 is 0 Å². The summed E-state index contributed by atoms with van der Waals surface area (Å²) in [5.74, 6) is 0.832. The van der Waals surface area contributed by atoms with Gasteiger partial charge in [0.2, 0.25) is 0 Å². The monoisotopic (exact) mass is 518 g/mol. The van der Waals surface area contributed by atoms with Crippen molar-refractivity contribution in [1.29, 1.82) is 0 Å². The first-order valence-electron chi connectivity index (χ1n) is 12.9. The number of aromatic nitrogens is 3. The number of hydrogen-bond acceptors (Lipinski definition) is 7. The first-order valence-corrected chi connectivity index (χ1v) is 13.8. The van der Waals surface area contributed by atoms with E-state index in [2.05, 4.69) is 27.4 Å². The van der Waals surface area contributed by atoms with Gasteiger partial charge >= 0.3 is 0 Å². The van der Waals surface area contributed by atoms with E-state index in [1.54, 1.807) is 10.7 Å². The molecule has 9 heteroatoms. The molecule has 0 aliphatic carbocycles. The number of nitrogens with zero attached hydrogens (tertiary/aromatic N) is 5. The molecular formula is C28H34N6O2S. The second-order valence-corrected chi connectivity index (χ2v) is 10.6. The number of carbonyl (C=O) groups excluding carboxylic acids is 1. The van der Waals surface area contributed by atoms with Gasteiger partial charge in [-0.05, 0) is 74.7 Å². The molecule has 8 nitrogen and oxygen atoms in total. The summed E-state index contributed by atoms with van der Waals surface area (Å²) >= 11 is 1.43. The average molecular weight is 519 g/mol. The highest BCUT2D eigenvalue weighted by Gasteiger charge is 2.15. The van der Waals surface area contributed by atoms with E-state index in [4.69, 9.17) is 9.72 Å². The minimum atomic E-state index is -0.0521. The maximum Gasteiger partial charge on any atom is 0.261 e. The Kier molecular flexibility index (Phi) is 8.13. The molecule has 1 aromatic carbocycles. The lowest BCUT2D eigenvalue weighted by Gasteiger charge is -2.26. The van der Waals surface area contributed by atoms with E-state index in [0.29, 0.717) is 18.0 Å². The second-order valence-electron chi connectivity index (χ2n) is 9.70. The molecule has 1 fully saturated rings. The molecule has 0 radical (unpaired) electrons. The van der Waals surface area contributed by atoms with Crippen molar-refractivity contribution in [2.75, 3.05) is 53.4 Å². The van der Waals surface area contributed by atoms with Gasteiger partial charge in [0.05, 0.1) is 11.1 Å². The SMILES string of the molecule is CN(C)CCNC(=O)c1cc(-c2cnn3cc(-c4ccc(OCCN5CCCCC5)cc4)cnc23)cs1. The Morgan fingerprint density at radius 2 is 1.89 bits per heavy atom. The third kappa shape index (κ3) is 6.36. The molecule has 4 aromatic rings. The van der Waals surface area contributed by atoms with Crippen LogP contribution in [0.3, 0.4) is 0 Å². The molecule has 4 heterocycles. The number of thiophene rings is 1. The average Bonchev–Trinajstić information content (AvgIpc) is 3.56. The number of fused-ring (bicyclic) bond motifs is 1. The highest BCUT2D eigenvalue weighted by atomic mass is 32.1. The third-order valence-electron chi connectivity index (χ3n) is 6.65. The van der Waals surface area contributed by atoms with E-state index in [-0.39, 0.29) is 5.91 Å². The lowest BCUT2D eigenvalue weighted by molar-refractivity contribution is 0.0955. The van der Waals surface area contributed by atoms with Crippen LogP contribution in [0.5, 0.6) is 5.75 Å². The Morgan fingerprint density at radius 3 is 2.68 bits per heavy atom. The first kappa shape index (κ1) is 25.4. The van der Waals surface area contributed by atoms with E-state index in [0.717, 1.165) is 46.7 Å². The summed E-state index contributed by atoms with van der Waals surface area (Å²) in [4.78, 5) is 22.4. The fraction of sp³-hybridized carbons (Fsp3) is 0.393. The lowest BCUT2D eigenvalue weighted by Crippen LogP contribution is -2.33. The first-order chi connectivity index (χ1) is 18.1. The molecule has 5 rings (SSSR count). The Balaban J connectivity index is 1.22. The maximum atomic E-state index is 12.5. The van der Waals surface area contributed by atoms with Gasteiger partial charge in [-0.1, -0.05) is 18.6 Å². The van der Waals surface area contributed by atoms with Crippen molar-refractivity contribution in [3.8, 4) is 28.0 Å². The summed E-state index contributed by atoms with van der Waals surface area (Å²) in [7, 11) is 3.97. The minimum Gasteiger partial charge on any atom is -0.492 e. The molecule has 194 valence electrons. The third-order valence-corrected chi connectivity index (χ3v) is 7.58. The molecule has 0 saturated carbocycles. The van der Waals surface area contributed by atoms with Crippen LogP contribution in [0.4, 0.5) is 0 Å². The van der Waals surface area contributed by atoms with E-state index in [1.807, 2.05) is 55.0 Å². The summed E-state index contributed by atoms with van der Waals surface area (Å²) in [6.07, 6.45) is 9.61. The van der Waals surface area contributed by atoms with Gasteiger partial charge in [0.25, 0.3) is 5.91 Å². The molecule has 1 N–H and O–H groups in total. The van der Waals surface area contributed by atoms with Gasteiger partial charge in [-0.3, -0.25) is 9.69 Å². The number of carbonyl (C=O) groups is 1. The fourth-order valence-corrected chi connectivity index (χ4v) is 5.35. The summed E-state index contributed by atoms with van der Waals surface area (Å²) in [6.45, 7) is 5.49. The zero-order valence-electron chi connectivity index (χ0n) is 21.5. The largest absolute Gasteiger partial charge is 0.492 e. The van der Waals surface area contributed by atoms with Crippen LogP contribution in [0.25, 0.3) is 27.9 Å². The number of piperidine rings is 1. The molecule has 1 amide bonds. The number of likely N-dealkylation sites (N-methyl/N-ethyl adjacent to an activating group) is 1. The van der Waals surface area contributed by atoms with Crippen molar-refractivity contribution < 1.29 is 9.53 Å². The molecule has 37 heavy (non-hydrogen) atoms. The van der Waals surface area contributed by atoms with Crippen molar-refractivity contribution in [3.05, 3.63) is 59.2 Å². The van der Waals surface area contributed by atoms with Gasteiger partial charge in [-0.15, -0.1) is 11.3 Å². The summed E-state index contributed by atoms with van der Waals surface area (Å²) in [6, 6.07) is 10.1. The van der Waals surface area contributed by atoms with Crippen molar-refractivity contribution in [3.63, 3.8) is 0 Å². The number of likely N-dealkylation sites (tertiary alicyclic amines) is 1. The molecule has 1 aliphatic rings. The topological polar surface area (TPSA) is 75.0 Å². The van der Waals surface area contributed by atoms with Crippen LogP contribution >= 0.6 is 11.3 Å². The number of benzene rings is 1. The molecular weight excluding hydrogens is 484 g/mol. The van der Waals surface area contributed by atoms with Crippen molar-refractivity contribution in [1.82, 2.24) is 29.7 Å². The Bertz CT molecular complexity index is 1320. The van der Waals surface area contributed by atoms with Gasteiger partial charge < -0.3 is 15.0 Å². The Labute approximate surface area is 221 Å². The van der Waals surface area contributed by atoms with Gasteiger partial charge in [-0.25, -0.2) is 9.50 Å². The van der Waals surface area contributed by atoms with Gasteiger partial charge in [0.1, 0.15) is 12.4 Å². The number of ether oxygens (including phenoxy) is 1. The molecule has 0 bridgehead atoms. The van der Waals surface area contributed by atoms with Crippen LogP contribution in [-0.4, -0.2) is 83.7 Å². The van der Waals surface area contributed by atoms with Crippen molar-refractivity contribution in [2.24, 2.45) is 0 Å². The summed E-state index contributed by atoms with van der Waals surface area (Å²) < 4.78 is 7.76. The molecule has 3 aromatic heterocycles. The highest BCUT2D eigenvalue weighted by Crippen LogP contribution is 2.30. The van der Waals surface area contributed by atoms with Crippen LogP contribution in [-0.2, 0) is 0 Å². The summed E-state index contributed by atoms with van der Waals surface area (Å²) in [5.41, 5.74) is 4.66. The van der Waals surface area contributed by atoms with Crippen LogP contribution < -0.4 is 10.1 Å². The smallest absolute Gasteiger partial charge is 0.261 e. The number of amides is 1. The highest BCUT2D eigenvalue weighted by molar-refractivity contribution is 7.12. The van der Waals surface area contributed by atoms with Crippen LogP contribution in [0.2, 0.25) is 0 Å². The Morgan fingerprint density at radius 1 is 1.08 bits per heavy atom. The molecule has 1 saturated heterocycles. The molecule has 1 aliphatic heterocycles. The van der Waals surface area contributed by atoms with Crippen LogP contribution in [0.15, 0.2) is 54.3 Å². The number of nitrogens with one attached hydrogen (secondary N) is 1. The van der Waals surface area contributed by atoms with Crippen molar-refractivity contribution >= 4 is 22.9 Å². The van der Waals surface area contributed by atoms with Gasteiger partial charge in [-0.2, -0.15) is 5.10 Å². The predicted molar refractivity (Wildman–Crippen MR) is 148 cm³/mol. The van der Waals surface area contributed by atoms with Crippen molar-refractivity contribution in [2.45, 2.75) is 19.3 Å². The minimum absolute atomic E-state index is 0.0521. The number of hydrogen-bond donors (Lipinski definition) is 1. The normalized spacial score (nSPS) is 14.4. The van der Waals surface area contributed by atoms with E-state index in [1.165, 1.54) is 43.7 Å². The molecule has 0 atom stereocenters. The van der Waals surface area contributed by atoms with Gasteiger partial charge in [0.15, 0.2) is 5.65 Å². The van der Waals surface area contributed by atoms with E-state index in [9.17, 15) is 4.79 Å². The quantitative estimate of drug-likeness (QED) is 0.338. The molecule has 0 unspecified atom stereocenters. The summed E-state index contributed by atoms with van der Waals surface area (Å²) in [5, 5.41) is 9.48. The fourth-order valence-electron chi connectivity index (χ4n) is 4.52. The predicted octanol–water partition coefficient (Wildman–Crippen LogP) is 4.28. The number of rotatable bonds is 10. The maximum absolute atomic E-state index is 12.5. The lowest BCUT2D eigenvalue weighted by atomic mass is 10.1. The second kappa shape index (κ2) is 11.9. The molecule has 0 spiro atoms. The van der Waals surface area contributed by atoms with Gasteiger partial charge in [0, 0.05) is 43.2 Å².